The van der Waals surface area contributed by atoms with Crippen molar-refractivity contribution in [3.8, 4) is 17.2 Å². The Kier molecular flexibility index (Phi) is 4.79. The minimum absolute atomic E-state index is 0.0493. The Morgan fingerprint density at radius 2 is 2.12 bits per heavy atom. The number of benzene rings is 1. The summed E-state index contributed by atoms with van der Waals surface area (Å²) in [5.41, 5.74) is 0.400. The molecule has 0 amide bonds. The lowest BCUT2D eigenvalue weighted by Crippen LogP contribution is -2.04. The van der Waals surface area contributed by atoms with E-state index in [0.717, 1.165) is 12.8 Å². The summed E-state index contributed by atoms with van der Waals surface area (Å²) in [6, 6.07) is 9.01. The fourth-order valence-electron chi connectivity index (χ4n) is 2.42. The third-order valence-electron chi connectivity index (χ3n) is 3.74. The minimum Gasteiger partial charge on any atom is -0.491 e. The average molecular weight is 339 g/mol. The van der Waals surface area contributed by atoms with Gasteiger partial charge >= 0.3 is 5.97 Å². The van der Waals surface area contributed by atoms with E-state index in [2.05, 4.69) is 11.9 Å². The van der Waals surface area contributed by atoms with Crippen LogP contribution in [0.3, 0.4) is 0 Å². The van der Waals surface area contributed by atoms with Crippen LogP contribution in [-0.2, 0) is 0 Å². The molecule has 0 saturated carbocycles. The number of carboxylic acid groups (broad SMARTS) is 1. The van der Waals surface area contributed by atoms with Crippen molar-refractivity contribution in [1.29, 1.82) is 0 Å². The van der Waals surface area contributed by atoms with Crippen molar-refractivity contribution in [3.63, 3.8) is 0 Å². The van der Waals surface area contributed by atoms with Crippen LogP contribution in [0.4, 0.5) is 0 Å². The molecule has 3 rings (SSSR count). The van der Waals surface area contributed by atoms with Crippen molar-refractivity contribution in [2.75, 3.05) is 6.61 Å². The van der Waals surface area contributed by atoms with Crippen LogP contribution in [-0.4, -0.2) is 22.7 Å². The lowest BCUT2D eigenvalue weighted by molar-refractivity contribution is 0.0697. The Balaban J connectivity index is 2.10. The third-order valence-corrected chi connectivity index (χ3v) is 3.74. The van der Waals surface area contributed by atoms with Crippen LogP contribution in [0.2, 0.25) is 0 Å². The van der Waals surface area contributed by atoms with Crippen molar-refractivity contribution >= 4 is 16.9 Å². The maximum Gasteiger partial charge on any atom is 0.335 e. The topological polar surface area (TPSA) is 89.6 Å². The van der Waals surface area contributed by atoms with E-state index in [1.165, 1.54) is 24.3 Å². The van der Waals surface area contributed by atoms with Crippen LogP contribution in [0.5, 0.6) is 5.75 Å². The van der Waals surface area contributed by atoms with Gasteiger partial charge in [-0.2, -0.15) is 0 Å². The third kappa shape index (κ3) is 3.52. The number of carbonyl (C=O) groups is 1. The van der Waals surface area contributed by atoms with E-state index in [0.29, 0.717) is 23.4 Å². The second-order valence-electron chi connectivity index (χ2n) is 5.54. The van der Waals surface area contributed by atoms with Crippen LogP contribution < -0.4 is 10.2 Å². The molecule has 1 N–H and O–H groups in total. The van der Waals surface area contributed by atoms with Crippen molar-refractivity contribution in [2.24, 2.45) is 0 Å². The molecule has 0 saturated heterocycles. The quantitative estimate of drug-likeness (QED) is 0.688. The summed E-state index contributed by atoms with van der Waals surface area (Å²) in [5.74, 6) is -0.323. The van der Waals surface area contributed by atoms with Gasteiger partial charge in [0.25, 0.3) is 0 Å². The molecule has 0 unspecified atom stereocenters. The SMILES string of the molecule is CCCCOc1cccnc1-c1cc(=O)c2ccc(C(=O)O)cc2o1. The Labute approximate surface area is 143 Å². The molecule has 6 heteroatoms. The van der Waals surface area contributed by atoms with Gasteiger partial charge in [0.2, 0.25) is 0 Å². The zero-order chi connectivity index (χ0) is 17.8. The molecule has 2 heterocycles. The van der Waals surface area contributed by atoms with E-state index in [1.54, 1.807) is 18.3 Å². The molecule has 0 aliphatic heterocycles. The molecular weight excluding hydrogens is 322 g/mol. The smallest absolute Gasteiger partial charge is 0.335 e. The first-order chi connectivity index (χ1) is 12.1. The highest BCUT2D eigenvalue weighted by Crippen LogP contribution is 2.29. The van der Waals surface area contributed by atoms with Gasteiger partial charge in [-0.05, 0) is 36.8 Å². The number of fused-ring (bicyclic) bond motifs is 1. The number of pyridine rings is 1. The van der Waals surface area contributed by atoms with E-state index < -0.39 is 5.97 Å². The number of aromatic carboxylic acids is 1. The summed E-state index contributed by atoms with van der Waals surface area (Å²) in [6.45, 7) is 2.60. The lowest BCUT2D eigenvalue weighted by Gasteiger charge is -2.10. The molecule has 0 aliphatic carbocycles. The Hall–Kier alpha value is -3.15. The molecule has 25 heavy (non-hydrogen) atoms. The van der Waals surface area contributed by atoms with E-state index in [1.807, 2.05) is 0 Å². The molecular formula is C19H17NO5. The monoisotopic (exact) mass is 339 g/mol. The predicted molar refractivity (Wildman–Crippen MR) is 93.1 cm³/mol. The van der Waals surface area contributed by atoms with E-state index >= 15 is 0 Å². The van der Waals surface area contributed by atoms with Crippen LogP contribution in [0.15, 0.2) is 51.8 Å². The number of rotatable bonds is 6. The molecule has 0 aliphatic rings. The Morgan fingerprint density at radius 1 is 1.28 bits per heavy atom. The summed E-state index contributed by atoms with van der Waals surface area (Å²) in [6.07, 6.45) is 3.48. The molecule has 0 bridgehead atoms. The van der Waals surface area contributed by atoms with Gasteiger partial charge in [0, 0.05) is 12.3 Å². The van der Waals surface area contributed by atoms with Crippen molar-refractivity contribution in [2.45, 2.75) is 19.8 Å². The van der Waals surface area contributed by atoms with Crippen LogP contribution in [0, 0.1) is 0 Å². The summed E-state index contributed by atoms with van der Waals surface area (Å²) in [7, 11) is 0. The second-order valence-corrected chi connectivity index (χ2v) is 5.54. The highest BCUT2D eigenvalue weighted by Gasteiger charge is 2.14. The molecule has 0 atom stereocenters. The van der Waals surface area contributed by atoms with Crippen LogP contribution >= 0.6 is 0 Å². The zero-order valence-electron chi connectivity index (χ0n) is 13.7. The van der Waals surface area contributed by atoms with Gasteiger partial charge in [0.05, 0.1) is 17.6 Å². The first kappa shape index (κ1) is 16.7. The standard InChI is InChI=1S/C19H17NO5/c1-2-3-9-24-15-5-4-8-20-18(15)17-11-14(21)13-7-6-12(19(22)23)10-16(13)25-17/h4-8,10-11H,2-3,9H2,1H3,(H,22,23). The molecule has 6 nitrogen and oxygen atoms in total. The van der Waals surface area contributed by atoms with Gasteiger partial charge < -0.3 is 14.3 Å². The normalized spacial score (nSPS) is 10.8. The number of ether oxygens (including phenoxy) is 1. The fraction of sp³-hybridized carbons (Fsp3) is 0.211. The van der Waals surface area contributed by atoms with E-state index in [4.69, 9.17) is 14.3 Å². The number of aromatic nitrogens is 1. The number of unbranched alkanes of at least 4 members (excludes halogenated alkanes) is 1. The van der Waals surface area contributed by atoms with Crippen molar-refractivity contribution in [1.82, 2.24) is 4.98 Å². The van der Waals surface area contributed by atoms with Gasteiger partial charge in [-0.3, -0.25) is 4.79 Å². The molecule has 0 radical (unpaired) electrons. The van der Waals surface area contributed by atoms with Gasteiger partial charge in [-0.15, -0.1) is 0 Å². The molecule has 128 valence electrons. The second kappa shape index (κ2) is 7.17. The Bertz CT molecular complexity index is 977. The van der Waals surface area contributed by atoms with Gasteiger partial charge in [0.1, 0.15) is 17.0 Å². The van der Waals surface area contributed by atoms with Crippen LogP contribution in [0.25, 0.3) is 22.4 Å². The zero-order valence-corrected chi connectivity index (χ0v) is 13.7. The molecule has 1 aromatic carbocycles. The van der Waals surface area contributed by atoms with Gasteiger partial charge in [0.15, 0.2) is 11.2 Å². The molecule has 3 aromatic rings. The number of hydrogen-bond acceptors (Lipinski definition) is 5. The predicted octanol–water partition coefficient (Wildman–Crippen LogP) is 3.73. The summed E-state index contributed by atoms with van der Waals surface area (Å²) < 4.78 is 11.5. The summed E-state index contributed by atoms with van der Waals surface area (Å²) in [4.78, 5) is 27.7. The molecule has 0 fully saturated rings. The highest BCUT2D eigenvalue weighted by atomic mass is 16.5. The number of carboxylic acids is 1. The highest BCUT2D eigenvalue weighted by molar-refractivity contribution is 5.92. The van der Waals surface area contributed by atoms with Crippen LogP contribution in [0.1, 0.15) is 30.1 Å². The lowest BCUT2D eigenvalue weighted by atomic mass is 10.1. The molecule has 2 aromatic heterocycles. The Morgan fingerprint density at radius 3 is 2.88 bits per heavy atom. The maximum atomic E-state index is 12.3. The van der Waals surface area contributed by atoms with E-state index in [-0.39, 0.29) is 22.3 Å². The van der Waals surface area contributed by atoms with Gasteiger partial charge in [-0.1, -0.05) is 13.3 Å². The maximum absolute atomic E-state index is 12.3. The minimum atomic E-state index is -1.09. The largest absolute Gasteiger partial charge is 0.491 e. The summed E-state index contributed by atoms with van der Waals surface area (Å²) >= 11 is 0. The number of nitrogens with zero attached hydrogens (tertiary/aromatic N) is 1. The molecule has 0 spiro atoms. The van der Waals surface area contributed by atoms with Crippen molar-refractivity contribution < 1.29 is 19.1 Å². The van der Waals surface area contributed by atoms with Crippen molar-refractivity contribution in [3.05, 3.63) is 58.4 Å². The number of hydrogen-bond donors (Lipinski definition) is 1. The van der Waals surface area contributed by atoms with Gasteiger partial charge in [-0.25, -0.2) is 9.78 Å². The fourth-order valence-corrected chi connectivity index (χ4v) is 2.42. The first-order valence-electron chi connectivity index (χ1n) is 7.99. The summed E-state index contributed by atoms with van der Waals surface area (Å²) in [5, 5.41) is 9.43. The van der Waals surface area contributed by atoms with E-state index in [9.17, 15) is 9.59 Å². The first-order valence-corrected chi connectivity index (χ1v) is 7.99. The average Bonchev–Trinajstić information content (AvgIpc) is 2.61.